The molecule has 4 nitrogen and oxygen atoms in total. The molecule has 0 aliphatic heterocycles. The zero-order valence-corrected chi connectivity index (χ0v) is 8.51. The molecule has 1 heterocycles. The van der Waals surface area contributed by atoms with E-state index in [-0.39, 0.29) is 0 Å². The third-order valence-corrected chi connectivity index (χ3v) is 2.07. The summed E-state index contributed by atoms with van der Waals surface area (Å²) in [7, 11) is 0. The van der Waals surface area contributed by atoms with E-state index < -0.39 is 0 Å². The molecule has 3 N–H and O–H groups in total. The average Bonchev–Trinajstić information content (AvgIpc) is 2.32. The third kappa shape index (κ3) is 2.28. The smallest absolute Gasteiger partial charge is 0.142 e. The Bertz CT molecular complexity index is 525. The maximum absolute atomic E-state index is 8.71. The Hall–Kier alpha value is -2.54. The van der Waals surface area contributed by atoms with Crippen LogP contribution >= 0.6 is 0 Å². The first-order chi connectivity index (χ1) is 7.78. The molecule has 0 aliphatic carbocycles. The van der Waals surface area contributed by atoms with Crippen LogP contribution in [0.1, 0.15) is 5.69 Å². The van der Waals surface area contributed by atoms with Gasteiger partial charge in [-0.05, 0) is 36.4 Å². The lowest BCUT2D eigenvalue weighted by atomic mass is 10.2. The van der Waals surface area contributed by atoms with Crippen molar-refractivity contribution in [1.29, 1.82) is 5.26 Å². The number of pyridine rings is 1. The Balaban J connectivity index is 2.21. The standard InChI is InChI=1S/C12H10N4/c13-8-12-7-11(5-6-15-12)16-10-3-1-9(14)2-4-10/h1-7H,14H2,(H,15,16). The number of hydrogen-bond acceptors (Lipinski definition) is 4. The molecule has 4 heteroatoms. The quantitative estimate of drug-likeness (QED) is 0.745. The first-order valence-corrected chi connectivity index (χ1v) is 4.76. The number of nitriles is 1. The second-order valence-corrected chi connectivity index (χ2v) is 3.29. The number of rotatable bonds is 2. The minimum absolute atomic E-state index is 0.389. The fraction of sp³-hybridized carbons (Fsp3) is 0. The zero-order chi connectivity index (χ0) is 11.4. The van der Waals surface area contributed by atoms with E-state index >= 15 is 0 Å². The van der Waals surface area contributed by atoms with Crippen LogP contribution in [0, 0.1) is 11.3 Å². The lowest BCUT2D eigenvalue weighted by Gasteiger charge is -2.06. The Morgan fingerprint density at radius 2 is 1.88 bits per heavy atom. The minimum Gasteiger partial charge on any atom is -0.399 e. The molecule has 0 spiro atoms. The third-order valence-electron chi connectivity index (χ3n) is 2.07. The summed E-state index contributed by atoms with van der Waals surface area (Å²) in [5.74, 6) is 0. The fourth-order valence-electron chi connectivity index (χ4n) is 1.30. The van der Waals surface area contributed by atoms with Gasteiger partial charge in [0.15, 0.2) is 0 Å². The van der Waals surface area contributed by atoms with Gasteiger partial charge in [-0.2, -0.15) is 5.26 Å². The van der Waals surface area contributed by atoms with Gasteiger partial charge in [-0.15, -0.1) is 0 Å². The molecule has 0 bridgehead atoms. The number of nitrogen functional groups attached to an aromatic ring is 1. The summed E-state index contributed by atoms with van der Waals surface area (Å²) in [4.78, 5) is 3.89. The second-order valence-electron chi connectivity index (χ2n) is 3.29. The highest BCUT2D eigenvalue weighted by atomic mass is 14.9. The van der Waals surface area contributed by atoms with Crippen LogP contribution in [-0.4, -0.2) is 4.98 Å². The molecular formula is C12H10N4. The van der Waals surface area contributed by atoms with Gasteiger partial charge in [-0.3, -0.25) is 0 Å². The van der Waals surface area contributed by atoms with Gasteiger partial charge >= 0.3 is 0 Å². The molecule has 2 aromatic rings. The number of nitrogens with two attached hydrogens (primary N) is 1. The number of hydrogen-bond donors (Lipinski definition) is 2. The summed E-state index contributed by atoms with van der Waals surface area (Å²) < 4.78 is 0. The molecule has 2 rings (SSSR count). The van der Waals surface area contributed by atoms with Gasteiger partial charge in [0.2, 0.25) is 0 Å². The number of anilines is 3. The van der Waals surface area contributed by atoms with Gasteiger partial charge in [0.05, 0.1) is 0 Å². The van der Waals surface area contributed by atoms with E-state index in [4.69, 9.17) is 11.0 Å². The summed E-state index contributed by atoms with van der Waals surface area (Å²) >= 11 is 0. The van der Waals surface area contributed by atoms with E-state index in [1.165, 1.54) is 0 Å². The maximum atomic E-state index is 8.71. The SMILES string of the molecule is N#Cc1cc(Nc2ccc(N)cc2)ccn1. The lowest BCUT2D eigenvalue weighted by Crippen LogP contribution is -1.92. The van der Waals surface area contributed by atoms with Gasteiger partial charge in [-0.1, -0.05) is 0 Å². The highest BCUT2D eigenvalue weighted by molar-refractivity contribution is 5.62. The van der Waals surface area contributed by atoms with Crippen LogP contribution in [0.5, 0.6) is 0 Å². The molecule has 0 amide bonds. The molecule has 0 saturated carbocycles. The average molecular weight is 210 g/mol. The lowest BCUT2D eigenvalue weighted by molar-refractivity contribution is 1.26. The molecule has 0 fully saturated rings. The van der Waals surface area contributed by atoms with Gasteiger partial charge in [0, 0.05) is 23.3 Å². The molecule has 78 valence electrons. The maximum Gasteiger partial charge on any atom is 0.142 e. The van der Waals surface area contributed by atoms with E-state index in [2.05, 4.69) is 10.3 Å². The molecule has 0 saturated heterocycles. The van der Waals surface area contributed by atoms with Crippen LogP contribution in [0.25, 0.3) is 0 Å². The summed E-state index contributed by atoms with van der Waals surface area (Å²) in [5.41, 5.74) is 8.45. The van der Waals surface area contributed by atoms with Crippen LogP contribution in [-0.2, 0) is 0 Å². The Morgan fingerprint density at radius 1 is 1.12 bits per heavy atom. The van der Waals surface area contributed by atoms with Gasteiger partial charge in [0.1, 0.15) is 11.8 Å². The molecule has 1 aromatic heterocycles. The van der Waals surface area contributed by atoms with Crippen molar-refractivity contribution in [2.24, 2.45) is 0 Å². The van der Waals surface area contributed by atoms with Gasteiger partial charge in [-0.25, -0.2) is 4.98 Å². The van der Waals surface area contributed by atoms with Crippen molar-refractivity contribution >= 4 is 17.1 Å². The predicted octanol–water partition coefficient (Wildman–Crippen LogP) is 2.28. The fourth-order valence-corrected chi connectivity index (χ4v) is 1.30. The summed E-state index contributed by atoms with van der Waals surface area (Å²) in [5, 5.41) is 11.9. The molecule has 0 radical (unpaired) electrons. The minimum atomic E-state index is 0.389. The number of nitrogens with zero attached hydrogens (tertiary/aromatic N) is 2. The molecule has 0 atom stereocenters. The van der Waals surface area contributed by atoms with Crippen LogP contribution in [0.15, 0.2) is 42.6 Å². The summed E-state index contributed by atoms with van der Waals surface area (Å²) in [6.07, 6.45) is 1.60. The van der Waals surface area contributed by atoms with Crippen LogP contribution in [0.3, 0.4) is 0 Å². The van der Waals surface area contributed by atoms with E-state index in [0.29, 0.717) is 5.69 Å². The Morgan fingerprint density at radius 3 is 2.56 bits per heavy atom. The molecular weight excluding hydrogens is 200 g/mol. The monoisotopic (exact) mass is 210 g/mol. The number of benzene rings is 1. The second kappa shape index (κ2) is 4.32. The summed E-state index contributed by atoms with van der Waals surface area (Å²) in [6.45, 7) is 0. The van der Waals surface area contributed by atoms with Crippen molar-refractivity contribution < 1.29 is 0 Å². The predicted molar refractivity (Wildman–Crippen MR) is 63.1 cm³/mol. The normalized spacial score (nSPS) is 9.44. The summed E-state index contributed by atoms with van der Waals surface area (Å²) in [6, 6.07) is 12.9. The van der Waals surface area contributed by atoms with Crippen LogP contribution in [0.2, 0.25) is 0 Å². The Labute approximate surface area is 93.4 Å². The molecule has 1 aromatic carbocycles. The van der Waals surface area contributed by atoms with Crippen molar-refractivity contribution in [1.82, 2.24) is 4.98 Å². The van der Waals surface area contributed by atoms with Gasteiger partial charge in [0.25, 0.3) is 0 Å². The first-order valence-electron chi connectivity index (χ1n) is 4.76. The van der Waals surface area contributed by atoms with E-state index in [0.717, 1.165) is 17.1 Å². The topological polar surface area (TPSA) is 74.7 Å². The van der Waals surface area contributed by atoms with E-state index in [1.807, 2.05) is 30.3 Å². The van der Waals surface area contributed by atoms with Gasteiger partial charge < -0.3 is 11.1 Å². The Kier molecular flexibility index (Phi) is 2.70. The van der Waals surface area contributed by atoms with Crippen molar-refractivity contribution in [2.45, 2.75) is 0 Å². The van der Waals surface area contributed by atoms with Crippen LogP contribution < -0.4 is 11.1 Å². The first kappa shape index (κ1) is 9.99. The molecule has 0 unspecified atom stereocenters. The molecule has 16 heavy (non-hydrogen) atoms. The highest BCUT2D eigenvalue weighted by Crippen LogP contribution is 2.17. The van der Waals surface area contributed by atoms with Crippen molar-refractivity contribution in [3.8, 4) is 6.07 Å². The van der Waals surface area contributed by atoms with E-state index in [9.17, 15) is 0 Å². The number of aromatic nitrogens is 1. The van der Waals surface area contributed by atoms with E-state index in [1.54, 1.807) is 18.3 Å². The highest BCUT2D eigenvalue weighted by Gasteiger charge is 1.96. The van der Waals surface area contributed by atoms with Crippen molar-refractivity contribution in [3.63, 3.8) is 0 Å². The van der Waals surface area contributed by atoms with Crippen molar-refractivity contribution in [2.75, 3.05) is 11.1 Å². The number of nitrogens with one attached hydrogen (secondary N) is 1. The van der Waals surface area contributed by atoms with Crippen LogP contribution in [0.4, 0.5) is 17.1 Å². The largest absolute Gasteiger partial charge is 0.399 e. The molecule has 0 aliphatic rings. The van der Waals surface area contributed by atoms with Crippen molar-refractivity contribution in [3.05, 3.63) is 48.3 Å². The zero-order valence-electron chi connectivity index (χ0n) is 8.51.